The summed E-state index contributed by atoms with van der Waals surface area (Å²) in [5.74, 6) is 0.00958. The van der Waals surface area contributed by atoms with Crippen LogP contribution in [0.25, 0.3) is 11.3 Å². The standard InChI is InChI=1S/C17H13NO2/c1-12-7-8-14(11-15(12)16-9-10-20-18-16)17(19)13-5-3-2-4-6-13/h2-11H,1H3. The van der Waals surface area contributed by atoms with Crippen LogP contribution in [0, 0.1) is 6.92 Å². The first kappa shape index (κ1) is 12.4. The van der Waals surface area contributed by atoms with Crippen LogP contribution < -0.4 is 0 Å². The van der Waals surface area contributed by atoms with Gasteiger partial charge in [0.1, 0.15) is 12.0 Å². The number of hydrogen-bond donors (Lipinski definition) is 0. The maximum absolute atomic E-state index is 12.4. The molecule has 1 heterocycles. The minimum atomic E-state index is 0.00958. The van der Waals surface area contributed by atoms with Crippen molar-refractivity contribution < 1.29 is 9.32 Å². The number of ketones is 1. The fraction of sp³-hybridized carbons (Fsp3) is 0.0588. The molecular weight excluding hydrogens is 250 g/mol. The average Bonchev–Trinajstić information content (AvgIpc) is 3.02. The van der Waals surface area contributed by atoms with Crippen molar-refractivity contribution in [3.63, 3.8) is 0 Å². The lowest BCUT2D eigenvalue weighted by Gasteiger charge is -2.06. The van der Waals surface area contributed by atoms with Gasteiger partial charge in [0.2, 0.25) is 0 Å². The van der Waals surface area contributed by atoms with E-state index < -0.39 is 0 Å². The molecule has 0 N–H and O–H groups in total. The highest BCUT2D eigenvalue weighted by molar-refractivity contribution is 6.09. The molecule has 0 saturated heterocycles. The molecule has 20 heavy (non-hydrogen) atoms. The molecule has 0 spiro atoms. The van der Waals surface area contributed by atoms with Crippen molar-refractivity contribution in [2.45, 2.75) is 6.92 Å². The van der Waals surface area contributed by atoms with E-state index in [4.69, 9.17) is 4.52 Å². The summed E-state index contributed by atoms with van der Waals surface area (Å²) in [4.78, 5) is 12.4. The van der Waals surface area contributed by atoms with Gasteiger partial charge in [0, 0.05) is 22.8 Å². The van der Waals surface area contributed by atoms with Crippen LogP contribution in [0.2, 0.25) is 0 Å². The van der Waals surface area contributed by atoms with E-state index in [1.165, 1.54) is 6.26 Å². The van der Waals surface area contributed by atoms with E-state index in [0.29, 0.717) is 11.1 Å². The minimum absolute atomic E-state index is 0.00958. The zero-order chi connectivity index (χ0) is 13.9. The highest BCUT2D eigenvalue weighted by Gasteiger charge is 2.12. The van der Waals surface area contributed by atoms with Crippen molar-refractivity contribution in [1.82, 2.24) is 5.16 Å². The molecule has 98 valence electrons. The van der Waals surface area contributed by atoms with Crippen LogP contribution in [0.15, 0.2) is 65.4 Å². The van der Waals surface area contributed by atoms with Crippen LogP contribution in [0.5, 0.6) is 0 Å². The van der Waals surface area contributed by atoms with Gasteiger partial charge in [-0.3, -0.25) is 4.79 Å². The molecule has 3 heteroatoms. The van der Waals surface area contributed by atoms with Gasteiger partial charge in [0.05, 0.1) is 0 Å². The fourth-order valence-electron chi connectivity index (χ4n) is 2.15. The molecule has 0 unspecified atom stereocenters. The maximum atomic E-state index is 12.4. The van der Waals surface area contributed by atoms with Crippen molar-refractivity contribution in [1.29, 1.82) is 0 Å². The number of aryl methyl sites for hydroxylation is 1. The second-order valence-electron chi connectivity index (χ2n) is 4.61. The van der Waals surface area contributed by atoms with E-state index >= 15 is 0 Å². The number of carbonyl (C=O) groups excluding carboxylic acids is 1. The Labute approximate surface area is 116 Å². The molecule has 0 aliphatic heterocycles. The first-order valence-electron chi connectivity index (χ1n) is 6.37. The van der Waals surface area contributed by atoms with E-state index in [9.17, 15) is 4.79 Å². The van der Waals surface area contributed by atoms with Gasteiger partial charge in [-0.15, -0.1) is 0 Å². The van der Waals surface area contributed by atoms with E-state index in [1.807, 2.05) is 55.5 Å². The average molecular weight is 263 g/mol. The Morgan fingerprint density at radius 2 is 1.80 bits per heavy atom. The molecule has 0 aliphatic rings. The first-order chi connectivity index (χ1) is 9.75. The lowest BCUT2D eigenvalue weighted by molar-refractivity contribution is 0.103. The molecule has 0 aliphatic carbocycles. The topological polar surface area (TPSA) is 43.1 Å². The van der Waals surface area contributed by atoms with Crippen LogP contribution in [0.1, 0.15) is 21.5 Å². The van der Waals surface area contributed by atoms with E-state index in [1.54, 1.807) is 6.07 Å². The number of hydrogen-bond acceptors (Lipinski definition) is 3. The van der Waals surface area contributed by atoms with Crippen molar-refractivity contribution in [2.24, 2.45) is 0 Å². The van der Waals surface area contributed by atoms with Crippen LogP contribution in [-0.4, -0.2) is 10.9 Å². The summed E-state index contributed by atoms with van der Waals surface area (Å²) >= 11 is 0. The molecule has 0 fully saturated rings. The lowest BCUT2D eigenvalue weighted by atomic mass is 9.97. The summed E-state index contributed by atoms with van der Waals surface area (Å²) in [7, 11) is 0. The largest absolute Gasteiger partial charge is 0.364 e. The Morgan fingerprint density at radius 3 is 2.50 bits per heavy atom. The number of carbonyl (C=O) groups is 1. The fourth-order valence-corrected chi connectivity index (χ4v) is 2.15. The lowest BCUT2D eigenvalue weighted by Crippen LogP contribution is -2.01. The van der Waals surface area contributed by atoms with Crippen molar-refractivity contribution in [3.05, 3.63) is 77.6 Å². The summed E-state index contributed by atoms with van der Waals surface area (Å²) in [6.45, 7) is 1.99. The highest BCUT2D eigenvalue weighted by Crippen LogP contribution is 2.24. The third-order valence-corrected chi connectivity index (χ3v) is 3.25. The van der Waals surface area contributed by atoms with Crippen LogP contribution in [-0.2, 0) is 0 Å². The molecule has 0 bridgehead atoms. The number of nitrogens with zero attached hydrogens (tertiary/aromatic N) is 1. The Morgan fingerprint density at radius 1 is 1.00 bits per heavy atom. The predicted molar refractivity (Wildman–Crippen MR) is 76.6 cm³/mol. The van der Waals surface area contributed by atoms with E-state index in [2.05, 4.69) is 5.16 Å². The summed E-state index contributed by atoms with van der Waals surface area (Å²) in [6.07, 6.45) is 1.53. The second kappa shape index (κ2) is 5.13. The molecular formula is C17H13NO2. The number of benzene rings is 2. The van der Waals surface area contributed by atoms with E-state index in [-0.39, 0.29) is 5.78 Å². The second-order valence-corrected chi connectivity index (χ2v) is 4.61. The van der Waals surface area contributed by atoms with Crippen molar-refractivity contribution in [3.8, 4) is 11.3 Å². The number of aromatic nitrogens is 1. The van der Waals surface area contributed by atoms with Crippen LogP contribution in [0.4, 0.5) is 0 Å². The molecule has 0 radical (unpaired) electrons. The van der Waals surface area contributed by atoms with Gasteiger partial charge in [-0.1, -0.05) is 47.6 Å². The Kier molecular flexibility index (Phi) is 3.17. The third-order valence-electron chi connectivity index (χ3n) is 3.25. The molecule has 0 saturated carbocycles. The van der Waals surface area contributed by atoms with Gasteiger partial charge in [-0.2, -0.15) is 0 Å². The predicted octanol–water partition coefficient (Wildman–Crippen LogP) is 3.88. The molecule has 0 atom stereocenters. The normalized spacial score (nSPS) is 10.4. The van der Waals surface area contributed by atoms with Crippen LogP contribution >= 0.6 is 0 Å². The van der Waals surface area contributed by atoms with E-state index in [0.717, 1.165) is 16.8 Å². The highest BCUT2D eigenvalue weighted by atomic mass is 16.5. The Hall–Kier alpha value is -2.68. The SMILES string of the molecule is Cc1ccc(C(=O)c2ccccc2)cc1-c1ccon1. The van der Waals surface area contributed by atoms with Gasteiger partial charge in [-0.05, 0) is 18.6 Å². The minimum Gasteiger partial charge on any atom is -0.364 e. The third kappa shape index (κ3) is 2.26. The van der Waals surface area contributed by atoms with Crippen molar-refractivity contribution >= 4 is 5.78 Å². The summed E-state index contributed by atoms with van der Waals surface area (Å²) in [5.41, 5.74) is 4.05. The Bertz CT molecular complexity index is 731. The zero-order valence-electron chi connectivity index (χ0n) is 11.0. The zero-order valence-corrected chi connectivity index (χ0v) is 11.0. The summed E-state index contributed by atoms with van der Waals surface area (Å²) in [5, 5.41) is 3.93. The van der Waals surface area contributed by atoms with Gasteiger partial charge in [-0.25, -0.2) is 0 Å². The molecule has 3 aromatic rings. The molecule has 2 aromatic carbocycles. The van der Waals surface area contributed by atoms with Gasteiger partial charge >= 0.3 is 0 Å². The van der Waals surface area contributed by atoms with Gasteiger partial charge < -0.3 is 4.52 Å². The molecule has 1 aromatic heterocycles. The Balaban J connectivity index is 2.04. The van der Waals surface area contributed by atoms with Crippen molar-refractivity contribution in [2.75, 3.05) is 0 Å². The maximum Gasteiger partial charge on any atom is 0.193 e. The smallest absolute Gasteiger partial charge is 0.193 e. The quantitative estimate of drug-likeness (QED) is 0.673. The monoisotopic (exact) mass is 263 g/mol. The van der Waals surface area contributed by atoms with Gasteiger partial charge in [0.25, 0.3) is 0 Å². The summed E-state index contributed by atoms with van der Waals surface area (Å²) < 4.78 is 4.87. The first-order valence-corrected chi connectivity index (χ1v) is 6.37. The molecule has 0 amide bonds. The summed E-state index contributed by atoms with van der Waals surface area (Å²) in [6, 6.07) is 16.7. The van der Waals surface area contributed by atoms with Gasteiger partial charge in [0.15, 0.2) is 5.78 Å². The molecule has 3 rings (SSSR count). The molecule has 3 nitrogen and oxygen atoms in total. The number of rotatable bonds is 3. The van der Waals surface area contributed by atoms with Crippen LogP contribution in [0.3, 0.4) is 0 Å².